The molecule has 9 heteroatoms. The summed E-state index contributed by atoms with van der Waals surface area (Å²) in [5.74, 6) is 0. The van der Waals surface area contributed by atoms with Crippen LogP contribution >= 0.6 is 12.2 Å². The molecule has 1 N–H and O–H groups in total. The van der Waals surface area contributed by atoms with Gasteiger partial charge < -0.3 is 4.55 Å². The van der Waals surface area contributed by atoms with Crippen LogP contribution in [0.1, 0.15) is 23.4 Å². The molecule has 1 aliphatic heterocycles. The predicted molar refractivity (Wildman–Crippen MR) is 112 cm³/mol. The molecular weight excluding hydrogens is 419 g/mol. The van der Waals surface area contributed by atoms with E-state index in [2.05, 4.69) is 5.32 Å². The highest BCUT2D eigenvalue weighted by atomic mass is 32.2. The Labute approximate surface area is 177 Å². The maximum Gasteiger partial charge on any atom is 0.401 e. The first-order chi connectivity index (χ1) is 13.7. The SMILES string of the molecule is CNC(c1ccccc1)[S+]([O-])N1CN(CC(F)(F)F)C(C)(c2ccccc2)C1=S. The van der Waals surface area contributed by atoms with Crippen LogP contribution in [-0.2, 0) is 16.9 Å². The van der Waals surface area contributed by atoms with Crippen LogP contribution in [0.5, 0.6) is 0 Å². The van der Waals surface area contributed by atoms with E-state index in [4.69, 9.17) is 12.2 Å². The molecule has 1 saturated heterocycles. The van der Waals surface area contributed by atoms with Gasteiger partial charge in [0.25, 0.3) is 0 Å². The summed E-state index contributed by atoms with van der Waals surface area (Å²) in [4.78, 5) is 1.45. The van der Waals surface area contributed by atoms with Gasteiger partial charge in [-0.15, -0.1) is 0 Å². The Bertz CT molecular complexity index is 838. The van der Waals surface area contributed by atoms with Crippen LogP contribution in [0, 0.1) is 0 Å². The topological polar surface area (TPSA) is 41.6 Å². The van der Waals surface area contributed by atoms with Crippen molar-refractivity contribution in [2.75, 3.05) is 20.3 Å². The Morgan fingerprint density at radius 1 is 1.14 bits per heavy atom. The van der Waals surface area contributed by atoms with Gasteiger partial charge in [-0.3, -0.25) is 10.2 Å². The summed E-state index contributed by atoms with van der Waals surface area (Å²) in [7, 11) is 1.67. The van der Waals surface area contributed by atoms with E-state index in [-0.39, 0.29) is 11.7 Å². The van der Waals surface area contributed by atoms with Gasteiger partial charge in [0.05, 0.1) is 17.9 Å². The highest BCUT2D eigenvalue weighted by molar-refractivity contribution is 7.91. The molecule has 1 fully saturated rings. The van der Waals surface area contributed by atoms with E-state index in [1.54, 1.807) is 44.3 Å². The first kappa shape index (κ1) is 22.0. The normalized spacial score (nSPS) is 22.7. The van der Waals surface area contributed by atoms with Crippen LogP contribution in [0.4, 0.5) is 13.2 Å². The molecule has 3 unspecified atom stereocenters. The molecule has 156 valence electrons. The maximum absolute atomic E-state index is 13.4. The van der Waals surface area contributed by atoms with Crippen LogP contribution < -0.4 is 5.32 Å². The largest absolute Gasteiger partial charge is 0.591 e. The van der Waals surface area contributed by atoms with E-state index in [0.29, 0.717) is 5.56 Å². The number of hydrogen-bond donors (Lipinski definition) is 1. The summed E-state index contributed by atoms with van der Waals surface area (Å²) in [6.45, 7) is 0.327. The number of rotatable bonds is 6. The first-order valence-corrected chi connectivity index (χ1v) is 10.6. The third-order valence-electron chi connectivity index (χ3n) is 5.06. The summed E-state index contributed by atoms with van der Waals surface area (Å²) in [5, 5.41) is 2.41. The lowest BCUT2D eigenvalue weighted by molar-refractivity contribution is -0.152. The van der Waals surface area contributed by atoms with E-state index in [1.165, 1.54) is 9.21 Å². The Morgan fingerprint density at radius 2 is 1.69 bits per heavy atom. The van der Waals surface area contributed by atoms with Gasteiger partial charge in [-0.2, -0.15) is 17.5 Å². The summed E-state index contributed by atoms with van der Waals surface area (Å²) in [5.41, 5.74) is 0.206. The zero-order valence-electron chi connectivity index (χ0n) is 16.0. The molecule has 1 heterocycles. The summed E-state index contributed by atoms with van der Waals surface area (Å²) >= 11 is 3.90. The van der Waals surface area contributed by atoms with Gasteiger partial charge in [0.1, 0.15) is 12.2 Å². The Hall–Kier alpha value is -1.65. The van der Waals surface area contributed by atoms with Crippen LogP contribution in [0.3, 0.4) is 0 Å². The van der Waals surface area contributed by atoms with Crippen molar-refractivity contribution < 1.29 is 17.7 Å². The molecule has 2 aromatic carbocycles. The van der Waals surface area contributed by atoms with Crippen molar-refractivity contribution in [1.29, 1.82) is 0 Å². The van der Waals surface area contributed by atoms with E-state index in [9.17, 15) is 17.7 Å². The lowest BCUT2D eigenvalue weighted by Gasteiger charge is -2.34. The summed E-state index contributed by atoms with van der Waals surface area (Å²) < 4.78 is 54.7. The average Bonchev–Trinajstić information content (AvgIpc) is 2.94. The second-order valence-electron chi connectivity index (χ2n) is 6.93. The van der Waals surface area contributed by atoms with Crippen molar-refractivity contribution in [2.24, 2.45) is 0 Å². The van der Waals surface area contributed by atoms with E-state index < -0.39 is 35.0 Å². The number of thiocarbonyl (C=S) groups is 1. The van der Waals surface area contributed by atoms with Crippen LogP contribution in [0.15, 0.2) is 60.7 Å². The fourth-order valence-corrected chi connectivity index (χ4v) is 5.48. The molecule has 3 atom stereocenters. The molecule has 0 bridgehead atoms. The van der Waals surface area contributed by atoms with Crippen LogP contribution in [-0.4, -0.2) is 45.2 Å². The van der Waals surface area contributed by atoms with Crippen LogP contribution in [0.2, 0.25) is 0 Å². The molecule has 0 amide bonds. The minimum atomic E-state index is -4.41. The van der Waals surface area contributed by atoms with Crippen molar-refractivity contribution in [2.45, 2.75) is 24.0 Å². The molecule has 4 nitrogen and oxygen atoms in total. The minimum Gasteiger partial charge on any atom is -0.591 e. The third kappa shape index (κ3) is 4.44. The van der Waals surface area contributed by atoms with Gasteiger partial charge in [0.2, 0.25) is 5.37 Å². The van der Waals surface area contributed by atoms with Gasteiger partial charge >= 0.3 is 6.18 Å². The zero-order chi connectivity index (χ0) is 21.2. The Morgan fingerprint density at radius 3 is 2.21 bits per heavy atom. The number of halogens is 3. The molecule has 1 aliphatic rings. The fraction of sp³-hybridized carbons (Fsp3) is 0.350. The second kappa shape index (κ2) is 8.61. The zero-order valence-corrected chi connectivity index (χ0v) is 17.7. The molecule has 29 heavy (non-hydrogen) atoms. The lowest BCUT2D eigenvalue weighted by atomic mass is 9.91. The van der Waals surface area contributed by atoms with Gasteiger partial charge in [0.15, 0.2) is 4.99 Å². The Balaban J connectivity index is 1.97. The summed E-state index contributed by atoms with van der Waals surface area (Å²) in [6.07, 6.45) is -4.41. The molecule has 0 spiro atoms. The van der Waals surface area contributed by atoms with Gasteiger partial charge in [-0.05, 0) is 19.5 Å². The van der Waals surface area contributed by atoms with Crippen molar-refractivity contribution in [3.05, 3.63) is 71.8 Å². The highest BCUT2D eigenvalue weighted by Gasteiger charge is 2.55. The lowest BCUT2D eigenvalue weighted by Crippen LogP contribution is -2.47. The van der Waals surface area contributed by atoms with E-state index >= 15 is 0 Å². The minimum absolute atomic E-state index is 0.179. The smallest absolute Gasteiger partial charge is 0.401 e. The molecule has 2 aromatic rings. The number of nitrogens with zero attached hydrogens (tertiary/aromatic N) is 2. The first-order valence-electron chi connectivity index (χ1n) is 9.00. The van der Waals surface area contributed by atoms with Crippen molar-refractivity contribution in [3.63, 3.8) is 0 Å². The number of alkyl halides is 3. The Kier molecular flexibility index (Phi) is 6.54. The van der Waals surface area contributed by atoms with Gasteiger partial charge in [0, 0.05) is 5.56 Å². The molecule has 0 aliphatic carbocycles. The third-order valence-corrected chi connectivity index (χ3v) is 7.44. The fourth-order valence-electron chi connectivity index (χ4n) is 3.51. The van der Waals surface area contributed by atoms with Crippen molar-refractivity contribution in [1.82, 2.24) is 14.5 Å². The molecule has 0 radical (unpaired) electrons. The summed E-state index contributed by atoms with van der Waals surface area (Å²) in [6, 6.07) is 17.9. The van der Waals surface area contributed by atoms with Crippen molar-refractivity contribution >= 4 is 28.6 Å². The highest BCUT2D eigenvalue weighted by Crippen LogP contribution is 2.41. The average molecular weight is 442 g/mol. The molecular formula is C20H22F3N3OS2. The van der Waals surface area contributed by atoms with E-state index in [0.717, 1.165) is 5.56 Å². The quantitative estimate of drug-likeness (QED) is 0.543. The van der Waals surface area contributed by atoms with Gasteiger partial charge in [-0.1, -0.05) is 72.9 Å². The van der Waals surface area contributed by atoms with E-state index in [1.807, 2.05) is 30.3 Å². The maximum atomic E-state index is 13.4. The van der Waals surface area contributed by atoms with Crippen LogP contribution in [0.25, 0.3) is 0 Å². The predicted octanol–water partition coefficient (Wildman–Crippen LogP) is 3.95. The second-order valence-corrected chi connectivity index (χ2v) is 8.78. The molecule has 0 aromatic heterocycles. The molecule has 0 saturated carbocycles. The standard InChI is InChI=1S/C20H22F3N3OS2/c1-19(16-11-7-4-8-12-16)18(28)26(14-25(19)13-20(21,22)23)29(27)17(24-2)15-9-5-3-6-10-15/h3-12,17,24H,13-14H2,1-2H3. The number of benzene rings is 2. The van der Waals surface area contributed by atoms with Crippen molar-refractivity contribution in [3.8, 4) is 0 Å². The van der Waals surface area contributed by atoms with Gasteiger partial charge in [-0.25, -0.2) is 0 Å². The molecule has 3 rings (SSSR count). The number of nitrogens with one attached hydrogen (secondary N) is 1. The number of hydrogen-bond acceptors (Lipinski definition) is 4. The monoisotopic (exact) mass is 441 g/mol.